The van der Waals surface area contributed by atoms with E-state index in [-0.39, 0.29) is 11.9 Å². The average Bonchev–Trinajstić information content (AvgIpc) is 3.31. The molecule has 0 saturated carbocycles. The molecule has 1 saturated heterocycles. The van der Waals surface area contributed by atoms with E-state index in [4.69, 9.17) is 5.73 Å². The third kappa shape index (κ3) is 4.10. The number of nitrogens with zero attached hydrogens (tertiary/aromatic N) is 7. The first-order valence-electron chi connectivity index (χ1n) is 9.15. The van der Waals surface area contributed by atoms with Crippen LogP contribution in [0.5, 0.6) is 0 Å². The maximum Gasteiger partial charge on any atom is 0.320 e. The number of carbonyl (C=O) groups excluding carboxylic acids is 1. The van der Waals surface area contributed by atoms with E-state index < -0.39 is 0 Å². The number of hydrogen-bond donors (Lipinski definition) is 4. The highest BCUT2D eigenvalue weighted by molar-refractivity contribution is 6.19. The van der Waals surface area contributed by atoms with Crippen molar-refractivity contribution >= 4 is 17.7 Å². The first-order chi connectivity index (χ1) is 13.5. The van der Waals surface area contributed by atoms with Gasteiger partial charge in [-0.05, 0) is 36.6 Å². The molecule has 12 nitrogen and oxygen atoms in total. The maximum absolute atomic E-state index is 11.8. The lowest BCUT2D eigenvalue weighted by molar-refractivity contribution is 0.244. The zero-order valence-electron chi connectivity index (χ0n) is 16.1. The van der Waals surface area contributed by atoms with Crippen LogP contribution in [0, 0.1) is 0 Å². The molecule has 28 heavy (non-hydrogen) atoms. The van der Waals surface area contributed by atoms with Crippen molar-refractivity contribution in [3.8, 4) is 0 Å². The minimum Gasteiger partial charge on any atom is -0.383 e. The van der Waals surface area contributed by atoms with Gasteiger partial charge in [-0.1, -0.05) is 6.58 Å². The molecule has 3 heterocycles. The minimum atomic E-state index is -0.382. The van der Waals surface area contributed by atoms with E-state index in [1.165, 1.54) is 6.42 Å². The molecule has 12 heteroatoms. The number of urea groups is 1. The summed E-state index contributed by atoms with van der Waals surface area (Å²) < 4.78 is 0. The molecule has 1 aromatic rings. The van der Waals surface area contributed by atoms with Crippen molar-refractivity contribution in [2.45, 2.75) is 26.2 Å². The van der Waals surface area contributed by atoms with Gasteiger partial charge in [-0.2, -0.15) is 0 Å². The number of amides is 2. The number of nitrogens with one attached hydrogen (secondary N) is 3. The molecular formula is C16H25N11O. The Labute approximate surface area is 162 Å². The molecule has 0 spiro atoms. The summed E-state index contributed by atoms with van der Waals surface area (Å²) in [5.41, 5.74) is 6.94. The molecule has 0 aromatic carbocycles. The molecule has 0 aliphatic carbocycles. The van der Waals surface area contributed by atoms with E-state index in [0.717, 1.165) is 25.9 Å². The third-order valence-corrected chi connectivity index (χ3v) is 4.40. The van der Waals surface area contributed by atoms with Crippen LogP contribution in [0.25, 0.3) is 0 Å². The normalized spacial score (nSPS) is 20.2. The lowest BCUT2D eigenvalue weighted by atomic mass is 10.1. The molecule has 150 valence electrons. The molecule has 0 bridgehead atoms. The molecule has 1 fully saturated rings. The van der Waals surface area contributed by atoms with Crippen LogP contribution in [0.1, 0.15) is 32.0 Å². The second-order valence-electron chi connectivity index (χ2n) is 6.39. The smallest absolute Gasteiger partial charge is 0.320 e. The first kappa shape index (κ1) is 19.3. The topological polar surface area (TPSA) is 153 Å². The van der Waals surface area contributed by atoms with Gasteiger partial charge in [0, 0.05) is 26.7 Å². The number of likely N-dealkylation sites (tertiary alicyclic amines) is 1. The zero-order chi connectivity index (χ0) is 20.1. The van der Waals surface area contributed by atoms with Crippen LogP contribution in [0.4, 0.5) is 4.79 Å². The van der Waals surface area contributed by atoms with Gasteiger partial charge in [0.1, 0.15) is 17.3 Å². The largest absolute Gasteiger partial charge is 0.383 e. The highest BCUT2D eigenvalue weighted by atomic mass is 16.2. The van der Waals surface area contributed by atoms with Gasteiger partial charge >= 0.3 is 6.03 Å². The van der Waals surface area contributed by atoms with Crippen LogP contribution >= 0.6 is 0 Å². The number of rotatable bonds is 5. The average molecular weight is 387 g/mol. The zero-order valence-corrected chi connectivity index (χ0v) is 16.1. The lowest BCUT2D eigenvalue weighted by Gasteiger charge is -2.29. The second kappa shape index (κ2) is 8.50. The summed E-state index contributed by atoms with van der Waals surface area (Å²) >= 11 is 0. The molecule has 3 rings (SSSR count). The Hall–Kier alpha value is -3.44. The number of H-pyrrole nitrogens is 1. The van der Waals surface area contributed by atoms with Gasteiger partial charge < -0.3 is 20.9 Å². The highest BCUT2D eigenvalue weighted by Crippen LogP contribution is 2.23. The molecule has 2 aliphatic rings. The quantitative estimate of drug-likeness (QED) is 0.541. The van der Waals surface area contributed by atoms with E-state index in [9.17, 15) is 4.79 Å². The third-order valence-electron chi connectivity index (χ3n) is 4.40. The van der Waals surface area contributed by atoms with Gasteiger partial charge in [-0.25, -0.2) is 19.9 Å². The number of carbonyl (C=O) groups is 1. The number of aliphatic imine (C=N–C) groups is 2. The molecule has 5 N–H and O–H groups in total. The summed E-state index contributed by atoms with van der Waals surface area (Å²) in [4.78, 5) is 24.6. The monoisotopic (exact) mass is 387 g/mol. The van der Waals surface area contributed by atoms with Crippen LogP contribution in [0.15, 0.2) is 33.9 Å². The van der Waals surface area contributed by atoms with Gasteiger partial charge in [-0.15, -0.1) is 5.10 Å². The summed E-state index contributed by atoms with van der Waals surface area (Å²) in [6, 6.07) is -0.382. The highest BCUT2D eigenvalue weighted by Gasteiger charge is 2.32. The standard InChI is InChI=1S/C16H25N11O/c1-4-18-16(28)20-10(2)19-14-11(12(17)27-8-6-5-7-9-27)21-15(26(14)3)13-22-24-25-23-13/h2,4-9,17H2,1,3H3,(H2,18,20,28)(H,22,23,24,25)/b12-11-,19-14+. The summed E-state index contributed by atoms with van der Waals surface area (Å²) in [6.07, 6.45) is 3.33. The molecule has 2 aliphatic heterocycles. The fourth-order valence-corrected chi connectivity index (χ4v) is 3.03. The number of amidine groups is 2. The van der Waals surface area contributed by atoms with Crippen molar-refractivity contribution in [1.29, 1.82) is 0 Å². The number of piperidine rings is 1. The fraction of sp³-hybridized carbons (Fsp3) is 0.500. The molecule has 1 aromatic heterocycles. The van der Waals surface area contributed by atoms with Gasteiger partial charge in [0.05, 0.1) is 0 Å². The molecule has 0 unspecified atom stereocenters. The van der Waals surface area contributed by atoms with E-state index >= 15 is 0 Å². The van der Waals surface area contributed by atoms with Gasteiger partial charge in [0.15, 0.2) is 11.7 Å². The van der Waals surface area contributed by atoms with Crippen LogP contribution in [-0.4, -0.2) is 74.8 Å². The van der Waals surface area contributed by atoms with E-state index in [1.807, 2.05) is 6.92 Å². The molecule has 2 amide bonds. The number of tetrazole rings is 1. The second-order valence-corrected chi connectivity index (χ2v) is 6.39. The Balaban J connectivity index is 1.94. The molecular weight excluding hydrogens is 362 g/mol. The van der Waals surface area contributed by atoms with Crippen molar-refractivity contribution in [3.05, 3.63) is 29.7 Å². The Kier molecular flexibility index (Phi) is 5.87. The fourth-order valence-electron chi connectivity index (χ4n) is 3.03. The minimum absolute atomic E-state index is 0.170. The van der Waals surface area contributed by atoms with Gasteiger partial charge in [0.2, 0.25) is 5.82 Å². The van der Waals surface area contributed by atoms with Crippen molar-refractivity contribution in [2.24, 2.45) is 15.7 Å². The molecule has 0 radical (unpaired) electrons. The Morgan fingerprint density at radius 2 is 2.11 bits per heavy atom. The van der Waals surface area contributed by atoms with Crippen molar-refractivity contribution in [1.82, 2.24) is 41.1 Å². The van der Waals surface area contributed by atoms with E-state index in [1.54, 1.807) is 11.9 Å². The van der Waals surface area contributed by atoms with Crippen molar-refractivity contribution in [3.63, 3.8) is 0 Å². The van der Waals surface area contributed by atoms with Gasteiger partial charge in [0.25, 0.3) is 0 Å². The van der Waals surface area contributed by atoms with Crippen molar-refractivity contribution < 1.29 is 4.79 Å². The van der Waals surface area contributed by atoms with Crippen LogP contribution in [0.3, 0.4) is 0 Å². The van der Waals surface area contributed by atoms with E-state index in [2.05, 4.69) is 52.7 Å². The summed E-state index contributed by atoms with van der Waals surface area (Å²) in [5.74, 6) is 2.02. The predicted molar refractivity (Wildman–Crippen MR) is 104 cm³/mol. The van der Waals surface area contributed by atoms with E-state index in [0.29, 0.717) is 35.6 Å². The number of hydrogen-bond acceptors (Lipinski definition) is 8. The number of nitrogens with two attached hydrogens (primary N) is 1. The van der Waals surface area contributed by atoms with Gasteiger partial charge in [-0.3, -0.25) is 5.32 Å². The SMILES string of the molecule is C=C(/N=C1\C(=C(/N)N2CCCCC2)N=C(c2nnn[nH]2)N1C)NC(=O)NCC. The molecule has 0 atom stereocenters. The van der Waals surface area contributed by atoms with Crippen LogP contribution < -0.4 is 16.4 Å². The summed E-state index contributed by atoms with van der Waals surface area (Å²) in [7, 11) is 1.77. The maximum atomic E-state index is 11.8. The summed E-state index contributed by atoms with van der Waals surface area (Å²) in [5, 5.41) is 19.0. The predicted octanol–water partition coefficient (Wildman–Crippen LogP) is -0.306. The van der Waals surface area contributed by atoms with Crippen LogP contribution in [0.2, 0.25) is 0 Å². The number of aromatic amines is 1. The first-order valence-corrected chi connectivity index (χ1v) is 9.15. The number of aromatic nitrogens is 4. The summed E-state index contributed by atoms with van der Waals surface area (Å²) in [6.45, 7) is 7.85. The van der Waals surface area contributed by atoms with Crippen LogP contribution in [-0.2, 0) is 0 Å². The van der Waals surface area contributed by atoms with Crippen molar-refractivity contribution in [2.75, 3.05) is 26.7 Å². The Morgan fingerprint density at radius 3 is 2.75 bits per heavy atom. The number of likely N-dealkylation sites (N-methyl/N-ethyl adjacent to an activating group) is 1. The Bertz CT molecular complexity index is 818. The Morgan fingerprint density at radius 1 is 1.36 bits per heavy atom. The lowest BCUT2D eigenvalue weighted by Crippen LogP contribution is -2.37.